The fourth-order valence-corrected chi connectivity index (χ4v) is 3.07. The van der Waals surface area contributed by atoms with Crippen LogP contribution in [0.3, 0.4) is 0 Å². The Balaban J connectivity index is 1.70. The highest BCUT2D eigenvalue weighted by molar-refractivity contribution is 14.1. The van der Waals surface area contributed by atoms with E-state index in [1.807, 2.05) is 65.6 Å². The van der Waals surface area contributed by atoms with E-state index in [1.54, 1.807) is 0 Å². The molecule has 1 heterocycles. The molecule has 0 spiro atoms. The Hall–Kier alpha value is -1.53. The lowest BCUT2D eigenvalue weighted by atomic mass is 10.3. The summed E-state index contributed by atoms with van der Waals surface area (Å²) in [4.78, 5) is 0. The Kier molecular flexibility index (Phi) is 4.45. The van der Waals surface area contributed by atoms with Gasteiger partial charge in [0.1, 0.15) is 0 Å². The van der Waals surface area contributed by atoms with Gasteiger partial charge in [-0.3, -0.25) is 0 Å². The van der Waals surface area contributed by atoms with Crippen molar-refractivity contribution in [2.24, 2.45) is 0 Å². The van der Waals surface area contributed by atoms with Gasteiger partial charge in [-0.2, -0.15) is 5.10 Å². The van der Waals surface area contributed by atoms with Gasteiger partial charge in [-0.05, 0) is 52.9 Å². The highest BCUT2D eigenvalue weighted by atomic mass is 127. The Labute approximate surface area is 142 Å². The van der Waals surface area contributed by atoms with E-state index in [4.69, 9.17) is 11.6 Å². The van der Waals surface area contributed by atoms with Gasteiger partial charge in [0.15, 0.2) is 0 Å². The molecule has 0 aliphatic rings. The SMILES string of the molecule is Clc1ccc(NCc2cnn(-c3ccccc3)c2)c(I)c1. The number of benzene rings is 2. The number of para-hydroxylation sites is 1. The third-order valence-corrected chi connectivity index (χ3v) is 4.20. The molecule has 0 amide bonds. The summed E-state index contributed by atoms with van der Waals surface area (Å²) < 4.78 is 2.99. The summed E-state index contributed by atoms with van der Waals surface area (Å²) in [6.45, 7) is 0.727. The van der Waals surface area contributed by atoms with Gasteiger partial charge >= 0.3 is 0 Å². The van der Waals surface area contributed by atoms with Gasteiger partial charge in [-0.1, -0.05) is 29.8 Å². The second kappa shape index (κ2) is 6.49. The molecule has 5 heteroatoms. The maximum atomic E-state index is 5.96. The van der Waals surface area contributed by atoms with E-state index in [1.165, 1.54) is 0 Å². The number of rotatable bonds is 4. The van der Waals surface area contributed by atoms with Crippen molar-refractivity contribution in [3.8, 4) is 5.69 Å². The molecule has 0 aliphatic heterocycles. The highest BCUT2D eigenvalue weighted by Crippen LogP contribution is 2.22. The van der Waals surface area contributed by atoms with Crippen LogP contribution in [0.1, 0.15) is 5.56 Å². The summed E-state index contributed by atoms with van der Waals surface area (Å²) in [6.07, 6.45) is 3.91. The average molecular weight is 410 g/mol. The molecule has 0 aliphatic carbocycles. The van der Waals surface area contributed by atoms with Crippen molar-refractivity contribution in [2.75, 3.05) is 5.32 Å². The standard InChI is InChI=1S/C16H13ClIN3/c17-13-6-7-16(15(18)8-13)19-9-12-10-20-21(11-12)14-4-2-1-3-5-14/h1-8,10-11,19H,9H2. The van der Waals surface area contributed by atoms with E-state index in [2.05, 4.69) is 33.0 Å². The number of anilines is 1. The summed E-state index contributed by atoms with van der Waals surface area (Å²) in [5.41, 5.74) is 3.27. The minimum Gasteiger partial charge on any atom is -0.380 e. The van der Waals surface area contributed by atoms with Crippen LogP contribution < -0.4 is 5.32 Å². The van der Waals surface area contributed by atoms with Crippen molar-refractivity contribution in [3.05, 3.63) is 75.1 Å². The molecule has 0 unspecified atom stereocenters. The average Bonchev–Trinajstić information content (AvgIpc) is 2.96. The van der Waals surface area contributed by atoms with Crippen molar-refractivity contribution in [1.29, 1.82) is 0 Å². The topological polar surface area (TPSA) is 29.9 Å². The lowest BCUT2D eigenvalue weighted by Crippen LogP contribution is -2.00. The van der Waals surface area contributed by atoms with Crippen LogP contribution in [0, 0.1) is 3.57 Å². The van der Waals surface area contributed by atoms with Gasteiger partial charge < -0.3 is 5.32 Å². The van der Waals surface area contributed by atoms with Gasteiger partial charge in [0, 0.05) is 32.6 Å². The molecule has 0 saturated heterocycles. The van der Waals surface area contributed by atoms with Crippen LogP contribution in [0.2, 0.25) is 5.02 Å². The van der Waals surface area contributed by atoms with E-state index < -0.39 is 0 Å². The van der Waals surface area contributed by atoms with Gasteiger partial charge in [0.25, 0.3) is 0 Å². The molecule has 0 radical (unpaired) electrons. The molecule has 21 heavy (non-hydrogen) atoms. The first kappa shape index (κ1) is 14.4. The number of nitrogens with one attached hydrogen (secondary N) is 1. The van der Waals surface area contributed by atoms with E-state index in [9.17, 15) is 0 Å². The van der Waals surface area contributed by atoms with Crippen LogP contribution in [0.4, 0.5) is 5.69 Å². The molecule has 0 atom stereocenters. The largest absolute Gasteiger partial charge is 0.380 e. The zero-order valence-corrected chi connectivity index (χ0v) is 14.0. The van der Waals surface area contributed by atoms with Crippen molar-refractivity contribution in [3.63, 3.8) is 0 Å². The molecule has 3 nitrogen and oxygen atoms in total. The molecule has 2 aromatic carbocycles. The van der Waals surface area contributed by atoms with Crippen LogP contribution in [0.5, 0.6) is 0 Å². The first-order valence-corrected chi connectivity index (χ1v) is 7.96. The summed E-state index contributed by atoms with van der Waals surface area (Å²) in [5, 5.41) is 8.54. The van der Waals surface area contributed by atoms with Crippen LogP contribution >= 0.6 is 34.2 Å². The number of hydrogen-bond donors (Lipinski definition) is 1. The van der Waals surface area contributed by atoms with Crippen molar-refractivity contribution in [2.45, 2.75) is 6.54 Å². The van der Waals surface area contributed by atoms with Crippen LogP contribution in [-0.4, -0.2) is 9.78 Å². The number of hydrogen-bond acceptors (Lipinski definition) is 2. The number of aromatic nitrogens is 2. The maximum absolute atomic E-state index is 5.96. The smallest absolute Gasteiger partial charge is 0.0645 e. The molecule has 0 fully saturated rings. The van der Waals surface area contributed by atoms with Crippen LogP contribution in [0.15, 0.2) is 60.9 Å². The maximum Gasteiger partial charge on any atom is 0.0645 e. The lowest BCUT2D eigenvalue weighted by Gasteiger charge is -2.07. The zero-order valence-electron chi connectivity index (χ0n) is 11.1. The third kappa shape index (κ3) is 3.57. The second-order valence-corrected chi connectivity index (χ2v) is 6.21. The quantitative estimate of drug-likeness (QED) is 0.631. The molecule has 1 aromatic heterocycles. The van der Waals surface area contributed by atoms with E-state index >= 15 is 0 Å². The zero-order chi connectivity index (χ0) is 14.7. The fraction of sp³-hybridized carbons (Fsp3) is 0.0625. The molecular weight excluding hydrogens is 397 g/mol. The summed E-state index contributed by atoms with van der Waals surface area (Å²) >= 11 is 8.23. The van der Waals surface area contributed by atoms with Crippen LogP contribution in [0.25, 0.3) is 5.69 Å². The van der Waals surface area contributed by atoms with E-state index in [0.29, 0.717) is 0 Å². The summed E-state index contributed by atoms with van der Waals surface area (Å²) in [7, 11) is 0. The minimum absolute atomic E-state index is 0.727. The molecule has 0 bridgehead atoms. The van der Waals surface area contributed by atoms with Crippen molar-refractivity contribution in [1.82, 2.24) is 9.78 Å². The Morgan fingerprint density at radius 1 is 1.14 bits per heavy atom. The normalized spacial score (nSPS) is 10.6. The third-order valence-electron chi connectivity index (χ3n) is 3.07. The van der Waals surface area contributed by atoms with Gasteiger partial charge in [0.2, 0.25) is 0 Å². The Morgan fingerprint density at radius 2 is 1.95 bits per heavy atom. The fourth-order valence-electron chi connectivity index (χ4n) is 2.00. The molecule has 0 saturated carbocycles. The Bertz CT molecular complexity index is 740. The molecular formula is C16H13ClIN3. The Morgan fingerprint density at radius 3 is 2.71 bits per heavy atom. The van der Waals surface area contributed by atoms with Crippen LogP contribution in [-0.2, 0) is 6.54 Å². The van der Waals surface area contributed by atoms with Gasteiger partial charge in [-0.25, -0.2) is 4.68 Å². The highest BCUT2D eigenvalue weighted by Gasteiger charge is 2.03. The van der Waals surface area contributed by atoms with Crippen molar-refractivity contribution >= 4 is 39.9 Å². The van der Waals surface area contributed by atoms with Crippen molar-refractivity contribution < 1.29 is 0 Å². The first-order valence-electron chi connectivity index (χ1n) is 6.50. The summed E-state index contributed by atoms with van der Waals surface area (Å²) in [6, 6.07) is 15.9. The lowest BCUT2D eigenvalue weighted by molar-refractivity contribution is 0.880. The molecule has 106 valence electrons. The molecule has 3 rings (SSSR count). The van der Waals surface area contributed by atoms with Gasteiger partial charge in [-0.15, -0.1) is 0 Å². The number of nitrogens with zero attached hydrogens (tertiary/aromatic N) is 2. The summed E-state index contributed by atoms with van der Waals surface area (Å²) in [5.74, 6) is 0. The minimum atomic E-state index is 0.727. The predicted octanol–water partition coefficient (Wildman–Crippen LogP) is 4.74. The second-order valence-electron chi connectivity index (χ2n) is 4.61. The predicted molar refractivity (Wildman–Crippen MR) is 95.1 cm³/mol. The molecule has 1 N–H and O–H groups in total. The van der Waals surface area contributed by atoms with E-state index in [-0.39, 0.29) is 0 Å². The monoisotopic (exact) mass is 409 g/mol. The first-order chi connectivity index (χ1) is 10.2. The molecule has 3 aromatic rings. The van der Waals surface area contributed by atoms with E-state index in [0.717, 1.165) is 32.1 Å². The number of halogens is 2. The van der Waals surface area contributed by atoms with Gasteiger partial charge in [0.05, 0.1) is 11.9 Å².